The first-order valence-corrected chi connectivity index (χ1v) is 5.78. The first-order chi connectivity index (χ1) is 6.57. The van der Waals surface area contributed by atoms with E-state index in [2.05, 4.69) is 0 Å². The zero-order chi connectivity index (χ0) is 10.7. The Morgan fingerprint density at radius 2 is 2.21 bits per heavy atom. The second-order valence-electron chi connectivity index (χ2n) is 3.34. The van der Waals surface area contributed by atoms with Crippen LogP contribution in [0.25, 0.3) is 0 Å². The number of carboxylic acid groups (broad SMARTS) is 1. The molecular formula is C9H15NO3S. The Labute approximate surface area is 87.7 Å². The molecule has 2 unspecified atom stereocenters. The summed E-state index contributed by atoms with van der Waals surface area (Å²) >= 11 is 1.52. The number of hydrogen-bond acceptors (Lipinski definition) is 3. The number of carbonyl (C=O) groups excluding carboxylic acids is 1. The molecule has 0 saturated carbocycles. The predicted molar refractivity (Wildman–Crippen MR) is 55.1 cm³/mol. The molecule has 1 amide bonds. The molecule has 1 N–H and O–H groups in total. The number of nitrogens with zero attached hydrogens (tertiary/aromatic N) is 1. The van der Waals surface area contributed by atoms with Gasteiger partial charge in [-0.25, -0.2) is 4.79 Å². The summed E-state index contributed by atoms with van der Waals surface area (Å²) in [4.78, 5) is 24.0. The van der Waals surface area contributed by atoms with E-state index < -0.39 is 12.0 Å². The molecule has 0 radical (unpaired) electrons. The summed E-state index contributed by atoms with van der Waals surface area (Å²) < 4.78 is 0. The highest BCUT2D eigenvalue weighted by atomic mass is 32.2. The fourth-order valence-corrected chi connectivity index (χ4v) is 2.74. The average Bonchev–Trinajstić information content (AvgIpc) is 2.47. The fourth-order valence-electron chi connectivity index (χ4n) is 1.55. The van der Waals surface area contributed by atoms with Crippen LogP contribution in [0.5, 0.6) is 0 Å². The lowest BCUT2D eigenvalue weighted by atomic mass is 10.2. The van der Waals surface area contributed by atoms with Gasteiger partial charge in [0, 0.05) is 12.2 Å². The maximum atomic E-state index is 11.6. The largest absolute Gasteiger partial charge is 0.480 e. The van der Waals surface area contributed by atoms with Crippen molar-refractivity contribution in [2.24, 2.45) is 0 Å². The van der Waals surface area contributed by atoms with E-state index in [4.69, 9.17) is 5.11 Å². The van der Waals surface area contributed by atoms with Gasteiger partial charge < -0.3 is 10.0 Å². The molecule has 1 aliphatic rings. The van der Waals surface area contributed by atoms with Gasteiger partial charge >= 0.3 is 5.97 Å². The summed E-state index contributed by atoms with van der Waals surface area (Å²) in [6.07, 6.45) is 1.20. The molecule has 0 aromatic heterocycles. The van der Waals surface area contributed by atoms with E-state index >= 15 is 0 Å². The second kappa shape index (κ2) is 4.68. The van der Waals surface area contributed by atoms with Gasteiger partial charge in [-0.15, -0.1) is 11.8 Å². The SMILES string of the molecule is CCCC(=O)N1C(C)SCC1C(=O)O. The number of thioether (sulfide) groups is 1. The average molecular weight is 217 g/mol. The van der Waals surface area contributed by atoms with Crippen LogP contribution in [0.1, 0.15) is 26.7 Å². The number of carboxylic acids is 1. The van der Waals surface area contributed by atoms with Crippen LogP contribution in [-0.4, -0.2) is 39.1 Å². The van der Waals surface area contributed by atoms with Crippen LogP contribution >= 0.6 is 11.8 Å². The molecular weight excluding hydrogens is 202 g/mol. The lowest BCUT2D eigenvalue weighted by Crippen LogP contribution is -2.44. The normalized spacial score (nSPS) is 26.6. The van der Waals surface area contributed by atoms with Gasteiger partial charge in [0.2, 0.25) is 5.91 Å². The standard InChI is InChI=1S/C9H15NO3S/c1-3-4-8(11)10-6(2)14-5-7(10)9(12)13/h6-7H,3-5H2,1-2H3,(H,12,13). The smallest absolute Gasteiger partial charge is 0.327 e. The van der Waals surface area contributed by atoms with Gasteiger partial charge in [-0.3, -0.25) is 4.79 Å². The molecule has 4 nitrogen and oxygen atoms in total. The molecule has 0 bridgehead atoms. The summed E-state index contributed by atoms with van der Waals surface area (Å²) in [5.41, 5.74) is 0. The van der Waals surface area contributed by atoms with Crippen molar-refractivity contribution in [1.29, 1.82) is 0 Å². The molecule has 0 aromatic carbocycles. The monoisotopic (exact) mass is 217 g/mol. The third-order valence-corrected chi connectivity index (χ3v) is 3.48. The highest BCUT2D eigenvalue weighted by Gasteiger charge is 2.38. The van der Waals surface area contributed by atoms with Crippen molar-refractivity contribution in [3.05, 3.63) is 0 Å². The Hall–Kier alpha value is -0.710. The Morgan fingerprint density at radius 3 is 2.71 bits per heavy atom. The molecule has 1 fully saturated rings. The molecule has 2 atom stereocenters. The van der Waals surface area contributed by atoms with Crippen LogP contribution in [0, 0.1) is 0 Å². The van der Waals surface area contributed by atoms with Gasteiger partial charge in [-0.2, -0.15) is 0 Å². The molecule has 1 rings (SSSR count). The molecule has 0 aliphatic carbocycles. The van der Waals surface area contributed by atoms with Crippen LogP contribution in [-0.2, 0) is 9.59 Å². The van der Waals surface area contributed by atoms with Crippen molar-refractivity contribution >= 4 is 23.6 Å². The van der Waals surface area contributed by atoms with Gasteiger partial charge in [-0.05, 0) is 13.3 Å². The van der Waals surface area contributed by atoms with Crippen LogP contribution < -0.4 is 0 Å². The topological polar surface area (TPSA) is 57.6 Å². The lowest BCUT2D eigenvalue weighted by Gasteiger charge is -2.24. The van der Waals surface area contributed by atoms with E-state index in [0.717, 1.165) is 6.42 Å². The summed E-state index contributed by atoms with van der Waals surface area (Å²) in [7, 11) is 0. The van der Waals surface area contributed by atoms with Crippen LogP contribution in [0.4, 0.5) is 0 Å². The number of hydrogen-bond donors (Lipinski definition) is 1. The third kappa shape index (κ3) is 2.20. The van der Waals surface area contributed by atoms with Crippen molar-refractivity contribution in [3.63, 3.8) is 0 Å². The minimum atomic E-state index is -0.897. The Kier molecular flexibility index (Phi) is 3.80. The Bertz CT molecular complexity index is 244. The van der Waals surface area contributed by atoms with Crippen molar-refractivity contribution < 1.29 is 14.7 Å². The summed E-state index contributed by atoms with van der Waals surface area (Å²) in [6.45, 7) is 3.79. The molecule has 1 aliphatic heterocycles. The molecule has 1 heterocycles. The first-order valence-electron chi connectivity index (χ1n) is 4.73. The minimum Gasteiger partial charge on any atom is -0.480 e. The maximum Gasteiger partial charge on any atom is 0.327 e. The number of rotatable bonds is 3. The fraction of sp³-hybridized carbons (Fsp3) is 0.778. The van der Waals surface area contributed by atoms with Crippen LogP contribution in [0.3, 0.4) is 0 Å². The predicted octanol–water partition coefficient (Wildman–Crippen LogP) is 1.16. The first kappa shape index (κ1) is 11.4. The summed E-state index contributed by atoms with van der Waals surface area (Å²) in [6, 6.07) is -0.631. The molecule has 5 heteroatoms. The van der Waals surface area contributed by atoms with Crippen LogP contribution in [0.15, 0.2) is 0 Å². The quantitative estimate of drug-likeness (QED) is 0.770. The van der Waals surface area contributed by atoms with Gasteiger partial charge in [0.25, 0.3) is 0 Å². The van der Waals surface area contributed by atoms with Crippen molar-refractivity contribution in [2.75, 3.05) is 5.75 Å². The summed E-state index contributed by atoms with van der Waals surface area (Å²) in [5.74, 6) is -0.435. The van der Waals surface area contributed by atoms with E-state index in [1.165, 1.54) is 16.7 Å². The van der Waals surface area contributed by atoms with E-state index in [9.17, 15) is 9.59 Å². The minimum absolute atomic E-state index is 0.00449. The van der Waals surface area contributed by atoms with Gasteiger partial charge in [0.1, 0.15) is 6.04 Å². The van der Waals surface area contributed by atoms with Crippen molar-refractivity contribution in [2.45, 2.75) is 38.1 Å². The van der Waals surface area contributed by atoms with Crippen molar-refractivity contribution in [3.8, 4) is 0 Å². The van der Waals surface area contributed by atoms with Crippen molar-refractivity contribution in [1.82, 2.24) is 4.90 Å². The summed E-state index contributed by atoms with van der Waals surface area (Å²) in [5, 5.41) is 8.91. The number of aliphatic carboxylic acids is 1. The number of amides is 1. The highest BCUT2D eigenvalue weighted by molar-refractivity contribution is 8.00. The van der Waals surface area contributed by atoms with E-state index in [-0.39, 0.29) is 11.3 Å². The zero-order valence-corrected chi connectivity index (χ0v) is 9.21. The van der Waals surface area contributed by atoms with E-state index in [0.29, 0.717) is 12.2 Å². The third-order valence-electron chi connectivity index (χ3n) is 2.26. The molecule has 0 spiro atoms. The Balaban J connectivity index is 2.71. The van der Waals surface area contributed by atoms with E-state index in [1.54, 1.807) is 0 Å². The van der Waals surface area contributed by atoms with Crippen LogP contribution in [0.2, 0.25) is 0 Å². The second-order valence-corrected chi connectivity index (χ2v) is 4.69. The number of carbonyl (C=O) groups is 2. The molecule has 14 heavy (non-hydrogen) atoms. The molecule has 80 valence electrons. The van der Waals surface area contributed by atoms with Gasteiger partial charge in [-0.1, -0.05) is 6.92 Å². The lowest BCUT2D eigenvalue weighted by molar-refractivity contribution is -0.148. The zero-order valence-electron chi connectivity index (χ0n) is 8.40. The highest BCUT2D eigenvalue weighted by Crippen LogP contribution is 2.29. The van der Waals surface area contributed by atoms with Gasteiger partial charge in [0.15, 0.2) is 0 Å². The van der Waals surface area contributed by atoms with E-state index in [1.807, 2.05) is 13.8 Å². The Morgan fingerprint density at radius 1 is 1.57 bits per heavy atom. The molecule has 1 saturated heterocycles. The van der Waals surface area contributed by atoms with Gasteiger partial charge in [0.05, 0.1) is 5.37 Å². The maximum absolute atomic E-state index is 11.6. The molecule has 0 aromatic rings.